The first-order valence-electron chi connectivity index (χ1n) is 6.96. The summed E-state index contributed by atoms with van der Waals surface area (Å²) in [4.78, 5) is 6.69. The van der Waals surface area contributed by atoms with Crippen molar-refractivity contribution in [3.63, 3.8) is 0 Å². The van der Waals surface area contributed by atoms with Crippen molar-refractivity contribution in [3.8, 4) is 0 Å². The van der Waals surface area contributed by atoms with Gasteiger partial charge >= 0.3 is 0 Å². The number of ether oxygens (including phenoxy) is 1. The van der Waals surface area contributed by atoms with Gasteiger partial charge in [0.15, 0.2) is 5.96 Å². The van der Waals surface area contributed by atoms with Crippen LogP contribution in [0.3, 0.4) is 0 Å². The van der Waals surface area contributed by atoms with E-state index >= 15 is 0 Å². The molecular weight excluding hydrogens is 447 g/mol. The largest absolute Gasteiger partial charge is 0.380 e. The number of aromatic nitrogens is 1. The summed E-state index contributed by atoms with van der Waals surface area (Å²) in [5.41, 5.74) is 1.23. The third-order valence-electron chi connectivity index (χ3n) is 2.87. The Morgan fingerprint density at radius 3 is 2.71 bits per heavy atom. The van der Waals surface area contributed by atoms with Crippen LogP contribution < -0.4 is 5.32 Å². The number of nitrogens with one attached hydrogen (secondary N) is 1. The minimum Gasteiger partial charge on any atom is -0.380 e. The molecule has 1 heterocycles. The van der Waals surface area contributed by atoms with Crippen molar-refractivity contribution in [2.24, 2.45) is 12.0 Å². The summed E-state index contributed by atoms with van der Waals surface area (Å²) in [7, 11) is 4.09. The van der Waals surface area contributed by atoms with Crippen LogP contribution in [0.1, 0.15) is 19.5 Å². The minimum absolute atomic E-state index is 0. The lowest BCUT2D eigenvalue weighted by atomic mass is 10.4. The quantitative estimate of drug-likeness (QED) is 0.287. The highest BCUT2D eigenvalue weighted by Gasteiger charge is 2.09. The van der Waals surface area contributed by atoms with Crippen molar-refractivity contribution < 1.29 is 4.74 Å². The molecule has 5 nitrogen and oxygen atoms in total. The number of aliphatic imine (C=N–C) groups is 1. The van der Waals surface area contributed by atoms with Crippen LogP contribution in [0, 0.1) is 0 Å². The summed E-state index contributed by atoms with van der Waals surface area (Å²) in [5, 5.41) is 3.31. The minimum atomic E-state index is 0. The normalized spacial score (nSPS) is 11.2. The summed E-state index contributed by atoms with van der Waals surface area (Å²) in [6.07, 6.45) is 2.06. The number of hydrogen-bond acceptors (Lipinski definition) is 2. The smallest absolute Gasteiger partial charge is 0.194 e. The fourth-order valence-electron chi connectivity index (χ4n) is 1.87. The topological polar surface area (TPSA) is 41.8 Å². The van der Waals surface area contributed by atoms with E-state index in [2.05, 4.69) is 54.9 Å². The zero-order valence-electron chi connectivity index (χ0n) is 13.2. The van der Waals surface area contributed by atoms with E-state index in [9.17, 15) is 0 Å². The Hall–Kier alpha value is -0.280. The molecule has 0 radical (unpaired) electrons. The fraction of sp³-hybridized carbons (Fsp3) is 0.643. The number of rotatable bonds is 7. The monoisotopic (exact) mass is 472 g/mol. The van der Waals surface area contributed by atoms with Crippen LogP contribution in [0.4, 0.5) is 0 Å². The van der Waals surface area contributed by atoms with Gasteiger partial charge in [-0.2, -0.15) is 0 Å². The Balaban J connectivity index is 0.00000400. The zero-order valence-corrected chi connectivity index (χ0v) is 17.1. The summed E-state index contributed by atoms with van der Waals surface area (Å²) in [5.74, 6) is 0.907. The van der Waals surface area contributed by atoms with Gasteiger partial charge in [0.05, 0.1) is 19.7 Å². The maximum Gasteiger partial charge on any atom is 0.194 e. The van der Waals surface area contributed by atoms with Crippen molar-refractivity contribution in [3.05, 3.63) is 22.4 Å². The van der Waals surface area contributed by atoms with E-state index in [1.807, 2.05) is 21.0 Å². The third kappa shape index (κ3) is 7.51. The van der Waals surface area contributed by atoms with Crippen LogP contribution in [-0.4, -0.2) is 48.8 Å². The van der Waals surface area contributed by atoms with Crippen molar-refractivity contribution in [2.75, 3.05) is 33.4 Å². The Kier molecular flexibility index (Phi) is 11.2. The Morgan fingerprint density at radius 1 is 1.48 bits per heavy atom. The molecule has 0 aliphatic heterocycles. The van der Waals surface area contributed by atoms with E-state index in [-0.39, 0.29) is 24.0 Å². The molecule has 0 spiro atoms. The second kappa shape index (κ2) is 11.3. The lowest BCUT2D eigenvalue weighted by Crippen LogP contribution is -2.39. The Morgan fingerprint density at radius 2 is 2.19 bits per heavy atom. The molecule has 1 aromatic rings. The molecule has 0 aromatic carbocycles. The molecular formula is C14H26BrIN4O. The molecule has 0 bridgehead atoms. The highest BCUT2D eigenvalue weighted by molar-refractivity contribution is 14.0. The van der Waals surface area contributed by atoms with E-state index in [1.165, 1.54) is 5.69 Å². The van der Waals surface area contributed by atoms with Crippen molar-refractivity contribution in [1.82, 2.24) is 14.8 Å². The maximum atomic E-state index is 5.32. The predicted octanol–water partition coefficient (Wildman–Crippen LogP) is 2.84. The first-order valence-corrected chi connectivity index (χ1v) is 7.75. The van der Waals surface area contributed by atoms with Crippen LogP contribution in [-0.2, 0) is 18.3 Å². The van der Waals surface area contributed by atoms with E-state index in [4.69, 9.17) is 4.74 Å². The molecule has 1 rings (SSSR count). The molecule has 7 heteroatoms. The summed E-state index contributed by atoms with van der Waals surface area (Å²) in [6, 6.07) is 2.13. The van der Waals surface area contributed by atoms with Crippen LogP contribution in [0.5, 0.6) is 0 Å². The van der Waals surface area contributed by atoms with Gasteiger partial charge < -0.3 is 19.5 Å². The second-order valence-corrected chi connectivity index (χ2v) is 5.46. The van der Waals surface area contributed by atoms with Gasteiger partial charge in [0.25, 0.3) is 0 Å². The Labute approximate surface area is 153 Å². The SMILES string of the molecule is CCNC(=NCCOCC)N(C)Cc1cc(Br)cn1C.I. The number of guanidine groups is 1. The van der Waals surface area contributed by atoms with E-state index in [1.54, 1.807) is 0 Å². The van der Waals surface area contributed by atoms with Gasteiger partial charge in [0, 0.05) is 43.6 Å². The molecule has 21 heavy (non-hydrogen) atoms. The van der Waals surface area contributed by atoms with Crippen LogP contribution in [0.15, 0.2) is 21.7 Å². The lowest BCUT2D eigenvalue weighted by Gasteiger charge is -2.22. The molecule has 122 valence electrons. The van der Waals surface area contributed by atoms with Crippen LogP contribution in [0.2, 0.25) is 0 Å². The summed E-state index contributed by atoms with van der Waals surface area (Å²) >= 11 is 3.50. The lowest BCUT2D eigenvalue weighted by molar-refractivity contribution is 0.155. The van der Waals surface area contributed by atoms with Gasteiger partial charge in [-0.1, -0.05) is 0 Å². The standard InChI is InChI=1S/C14H25BrN4O.HI/c1-5-16-14(17-7-8-20-6-2)19(4)11-13-9-12(15)10-18(13)3;/h9-10H,5-8,11H2,1-4H3,(H,16,17);1H. The van der Waals surface area contributed by atoms with Gasteiger partial charge in [0.2, 0.25) is 0 Å². The van der Waals surface area contributed by atoms with E-state index < -0.39 is 0 Å². The molecule has 0 amide bonds. The van der Waals surface area contributed by atoms with Gasteiger partial charge in [-0.3, -0.25) is 4.99 Å². The molecule has 0 saturated carbocycles. The van der Waals surface area contributed by atoms with Crippen molar-refractivity contribution >= 4 is 45.9 Å². The summed E-state index contributed by atoms with van der Waals surface area (Å²) in [6.45, 7) is 7.81. The molecule has 0 atom stereocenters. The first-order chi connectivity index (χ1) is 9.58. The Bertz CT molecular complexity index is 437. The van der Waals surface area contributed by atoms with Crippen molar-refractivity contribution in [2.45, 2.75) is 20.4 Å². The molecule has 0 unspecified atom stereocenters. The molecule has 1 aromatic heterocycles. The van der Waals surface area contributed by atoms with Crippen LogP contribution >= 0.6 is 39.9 Å². The average Bonchev–Trinajstić information content (AvgIpc) is 2.71. The van der Waals surface area contributed by atoms with E-state index in [0.29, 0.717) is 13.2 Å². The molecule has 1 N–H and O–H groups in total. The molecule has 0 aliphatic carbocycles. The highest BCUT2D eigenvalue weighted by Crippen LogP contribution is 2.14. The van der Waals surface area contributed by atoms with Crippen LogP contribution in [0.25, 0.3) is 0 Å². The third-order valence-corrected chi connectivity index (χ3v) is 3.31. The summed E-state index contributed by atoms with van der Waals surface area (Å²) < 4.78 is 8.53. The number of hydrogen-bond donors (Lipinski definition) is 1. The van der Waals surface area contributed by atoms with Gasteiger partial charge in [-0.15, -0.1) is 24.0 Å². The zero-order chi connectivity index (χ0) is 15.0. The molecule has 0 fully saturated rings. The molecule has 0 aliphatic rings. The van der Waals surface area contributed by atoms with E-state index in [0.717, 1.165) is 30.1 Å². The predicted molar refractivity (Wildman–Crippen MR) is 102 cm³/mol. The first kappa shape index (κ1) is 20.7. The number of nitrogens with zero attached hydrogens (tertiary/aromatic N) is 3. The number of halogens is 2. The van der Waals surface area contributed by atoms with Gasteiger partial charge in [-0.05, 0) is 35.8 Å². The van der Waals surface area contributed by atoms with Crippen molar-refractivity contribution in [1.29, 1.82) is 0 Å². The molecule has 0 saturated heterocycles. The average molecular weight is 473 g/mol. The fourth-order valence-corrected chi connectivity index (χ4v) is 2.44. The second-order valence-electron chi connectivity index (χ2n) is 4.55. The van der Waals surface area contributed by atoms with Gasteiger partial charge in [-0.25, -0.2) is 0 Å². The van der Waals surface area contributed by atoms with Gasteiger partial charge in [0.1, 0.15) is 0 Å². The maximum absolute atomic E-state index is 5.32. The highest BCUT2D eigenvalue weighted by atomic mass is 127. The number of aryl methyl sites for hydroxylation is 1.